The molecule has 1 N–H and O–H groups in total. The van der Waals surface area contributed by atoms with Crippen molar-refractivity contribution < 1.29 is 18.4 Å². The maximum atomic E-state index is 15.2. The summed E-state index contributed by atoms with van der Waals surface area (Å²) in [6.07, 6.45) is 5.83. The van der Waals surface area contributed by atoms with Crippen LogP contribution in [0.1, 0.15) is 74.1 Å². The van der Waals surface area contributed by atoms with E-state index in [1.54, 1.807) is 25.1 Å². The van der Waals surface area contributed by atoms with Crippen molar-refractivity contribution in [2.75, 3.05) is 4.90 Å². The molecule has 33 heavy (non-hydrogen) atoms. The number of hydrogen-bond acceptors (Lipinski definition) is 3. The molecule has 0 spiro atoms. The van der Waals surface area contributed by atoms with Gasteiger partial charge in [0.1, 0.15) is 11.6 Å². The number of nitrogens with one attached hydrogen (secondary N) is 1. The first-order valence-electron chi connectivity index (χ1n) is 11.9. The molecule has 0 aliphatic heterocycles. The average Bonchev–Trinajstić information content (AvgIpc) is 3.38. The monoisotopic (exact) mass is 454 g/mol. The van der Waals surface area contributed by atoms with Crippen LogP contribution in [0.25, 0.3) is 0 Å². The van der Waals surface area contributed by atoms with Crippen LogP contribution < -0.4 is 10.2 Å². The van der Waals surface area contributed by atoms with E-state index in [0.29, 0.717) is 24.4 Å². The second-order valence-electron chi connectivity index (χ2n) is 9.46. The van der Waals surface area contributed by atoms with Gasteiger partial charge in [-0.15, -0.1) is 0 Å². The third-order valence-electron chi connectivity index (χ3n) is 7.09. The molecule has 2 atom stereocenters. The van der Waals surface area contributed by atoms with Gasteiger partial charge in [0.15, 0.2) is 0 Å². The van der Waals surface area contributed by atoms with Crippen LogP contribution in [0.3, 0.4) is 0 Å². The molecular formula is C27H32F2N2O2. The van der Waals surface area contributed by atoms with Gasteiger partial charge in [0.05, 0.1) is 5.69 Å². The molecule has 0 aromatic heterocycles. The Bertz CT molecular complexity index is 1060. The van der Waals surface area contributed by atoms with E-state index in [0.717, 1.165) is 34.4 Å². The Morgan fingerprint density at radius 3 is 2.45 bits per heavy atom. The van der Waals surface area contributed by atoms with E-state index in [1.165, 1.54) is 25.8 Å². The Balaban J connectivity index is 1.64. The Kier molecular flexibility index (Phi) is 6.94. The van der Waals surface area contributed by atoms with Gasteiger partial charge in [-0.1, -0.05) is 31.9 Å². The molecule has 0 radical (unpaired) electrons. The molecule has 176 valence electrons. The fourth-order valence-corrected chi connectivity index (χ4v) is 5.48. The molecule has 2 amide bonds. The second-order valence-corrected chi connectivity index (χ2v) is 9.46. The molecule has 2 aliphatic carbocycles. The van der Waals surface area contributed by atoms with Crippen molar-refractivity contribution in [3.05, 3.63) is 64.2 Å². The summed E-state index contributed by atoms with van der Waals surface area (Å²) in [5.41, 5.74) is 3.30. The van der Waals surface area contributed by atoms with Crippen LogP contribution in [-0.2, 0) is 22.4 Å². The maximum absolute atomic E-state index is 15.2. The second kappa shape index (κ2) is 9.72. The number of nitrogens with zero attached hydrogens (tertiary/aromatic N) is 1. The van der Waals surface area contributed by atoms with Gasteiger partial charge in [-0.2, -0.15) is 0 Å². The lowest BCUT2D eigenvalue weighted by Gasteiger charge is -2.26. The van der Waals surface area contributed by atoms with Crippen LogP contribution in [0.15, 0.2) is 30.3 Å². The quantitative estimate of drug-likeness (QED) is 0.641. The van der Waals surface area contributed by atoms with E-state index >= 15 is 4.39 Å². The van der Waals surface area contributed by atoms with Gasteiger partial charge in [-0.25, -0.2) is 8.78 Å². The Morgan fingerprint density at radius 1 is 1.09 bits per heavy atom. The highest BCUT2D eigenvalue weighted by molar-refractivity contribution is 6.13. The number of hydrogen-bond donors (Lipinski definition) is 1. The van der Waals surface area contributed by atoms with E-state index in [9.17, 15) is 14.0 Å². The standard InChI is InChI=1S/C27H32F2N2O2/c1-4-27(33)31(17(3)32)20-10-9-18(24(28)14-20)13-23-21-11-16(2)12-25(29)22(21)15-26(23)30-19-7-5-6-8-19/h9-12,14,19,23,26,30H,4-8,13,15H2,1-3H3. The molecule has 0 saturated heterocycles. The summed E-state index contributed by atoms with van der Waals surface area (Å²) < 4.78 is 30.0. The van der Waals surface area contributed by atoms with E-state index in [1.807, 2.05) is 13.0 Å². The van der Waals surface area contributed by atoms with E-state index in [-0.39, 0.29) is 35.8 Å². The summed E-state index contributed by atoms with van der Waals surface area (Å²) >= 11 is 0. The van der Waals surface area contributed by atoms with Gasteiger partial charge < -0.3 is 5.32 Å². The van der Waals surface area contributed by atoms with Crippen molar-refractivity contribution in [2.24, 2.45) is 0 Å². The number of benzene rings is 2. The van der Waals surface area contributed by atoms with Crippen LogP contribution in [0.5, 0.6) is 0 Å². The van der Waals surface area contributed by atoms with Crippen molar-refractivity contribution in [1.82, 2.24) is 5.32 Å². The fourth-order valence-electron chi connectivity index (χ4n) is 5.48. The highest BCUT2D eigenvalue weighted by Gasteiger charge is 2.36. The first kappa shape index (κ1) is 23.6. The summed E-state index contributed by atoms with van der Waals surface area (Å²) in [6.45, 7) is 4.85. The number of anilines is 1. The molecule has 2 unspecified atom stereocenters. The number of fused-ring (bicyclic) bond motifs is 1. The third kappa shape index (κ3) is 4.86. The number of amides is 2. The van der Waals surface area contributed by atoms with Crippen molar-refractivity contribution in [3.8, 4) is 0 Å². The number of halogens is 2. The predicted molar refractivity (Wildman–Crippen MR) is 125 cm³/mol. The smallest absolute Gasteiger partial charge is 0.233 e. The molecule has 0 bridgehead atoms. The number of rotatable bonds is 6. The molecule has 2 aromatic carbocycles. The fraction of sp³-hybridized carbons (Fsp3) is 0.481. The molecule has 1 saturated carbocycles. The minimum absolute atomic E-state index is 0.0449. The minimum atomic E-state index is -0.455. The van der Waals surface area contributed by atoms with Crippen LogP contribution in [0, 0.1) is 18.6 Å². The molecule has 4 nitrogen and oxygen atoms in total. The average molecular weight is 455 g/mol. The highest BCUT2D eigenvalue weighted by atomic mass is 19.1. The largest absolute Gasteiger partial charge is 0.310 e. The van der Waals surface area contributed by atoms with E-state index in [4.69, 9.17) is 0 Å². The van der Waals surface area contributed by atoms with Gasteiger partial charge in [-0.05, 0) is 73.1 Å². The number of carbonyl (C=O) groups is 2. The van der Waals surface area contributed by atoms with Crippen molar-refractivity contribution >= 4 is 17.5 Å². The lowest BCUT2D eigenvalue weighted by atomic mass is 9.89. The number of imide groups is 1. The lowest BCUT2D eigenvalue weighted by molar-refractivity contribution is -0.125. The SMILES string of the molecule is CCC(=O)N(C(C)=O)c1ccc(CC2c3cc(C)cc(F)c3CC2NC2CCCC2)c(F)c1. The van der Waals surface area contributed by atoms with Crippen LogP contribution in [-0.4, -0.2) is 23.9 Å². The summed E-state index contributed by atoms with van der Waals surface area (Å²) in [7, 11) is 0. The first-order chi connectivity index (χ1) is 15.8. The lowest BCUT2D eigenvalue weighted by Crippen LogP contribution is -2.40. The van der Waals surface area contributed by atoms with E-state index in [2.05, 4.69) is 5.32 Å². The van der Waals surface area contributed by atoms with Crippen molar-refractivity contribution in [3.63, 3.8) is 0 Å². The Morgan fingerprint density at radius 2 is 1.82 bits per heavy atom. The molecule has 2 aliphatic rings. The highest BCUT2D eigenvalue weighted by Crippen LogP contribution is 2.39. The van der Waals surface area contributed by atoms with Gasteiger partial charge in [0.25, 0.3) is 0 Å². The summed E-state index contributed by atoms with van der Waals surface area (Å²) in [5.74, 6) is -1.49. The molecular weight excluding hydrogens is 422 g/mol. The van der Waals surface area contributed by atoms with Crippen LogP contribution >= 0.6 is 0 Å². The molecule has 2 aromatic rings. The topological polar surface area (TPSA) is 49.4 Å². The Hall–Kier alpha value is -2.60. The number of carbonyl (C=O) groups excluding carboxylic acids is 2. The van der Waals surface area contributed by atoms with Crippen LogP contribution in [0.4, 0.5) is 14.5 Å². The minimum Gasteiger partial charge on any atom is -0.310 e. The maximum Gasteiger partial charge on any atom is 0.233 e. The normalized spacial score (nSPS) is 20.2. The van der Waals surface area contributed by atoms with Gasteiger partial charge in [0, 0.05) is 31.3 Å². The zero-order valence-corrected chi connectivity index (χ0v) is 19.6. The summed E-state index contributed by atoms with van der Waals surface area (Å²) in [6, 6.07) is 8.62. The Labute approximate surface area is 194 Å². The van der Waals surface area contributed by atoms with Crippen molar-refractivity contribution in [1.29, 1.82) is 0 Å². The van der Waals surface area contributed by atoms with Gasteiger partial charge in [-0.3, -0.25) is 14.5 Å². The van der Waals surface area contributed by atoms with Gasteiger partial charge in [0.2, 0.25) is 11.8 Å². The summed E-state index contributed by atoms with van der Waals surface area (Å²) in [5, 5.41) is 3.74. The summed E-state index contributed by atoms with van der Waals surface area (Å²) in [4.78, 5) is 25.2. The zero-order valence-electron chi connectivity index (χ0n) is 19.6. The zero-order chi connectivity index (χ0) is 23.7. The third-order valence-corrected chi connectivity index (χ3v) is 7.09. The predicted octanol–water partition coefficient (Wildman–Crippen LogP) is 5.35. The first-order valence-corrected chi connectivity index (χ1v) is 11.9. The molecule has 0 heterocycles. The van der Waals surface area contributed by atoms with Crippen LogP contribution in [0.2, 0.25) is 0 Å². The molecule has 1 fully saturated rings. The molecule has 6 heteroatoms. The number of aryl methyl sites for hydroxylation is 1. The van der Waals surface area contributed by atoms with Gasteiger partial charge >= 0.3 is 0 Å². The van der Waals surface area contributed by atoms with E-state index < -0.39 is 11.7 Å². The molecule has 4 rings (SSSR count). The van der Waals surface area contributed by atoms with Crippen molar-refractivity contribution in [2.45, 2.75) is 83.7 Å².